The predicted molar refractivity (Wildman–Crippen MR) is 68.7 cm³/mol. The minimum absolute atomic E-state index is 1.06. The van der Waals surface area contributed by atoms with Gasteiger partial charge in [-0.3, -0.25) is 0 Å². The standard InChI is InChI=1S/C15H18/c1-4-5-9-13(2)12-14(3)15-10-7-6-8-11-15/h5-12H,3-4H2,1-2H3/b9-5+,13-12-. The van der Waals surface area contributed by atoms with E-state index in [0.717, 1.165) is 12.0 Å². The van der Waals surface area contributed by atoms with Crippen molar-refractivity contribution in [2.24, 2.45) is 0 Å². The number of hydrogen-bond acceptors (Lipinski definition) is 0. The predicted octanol–water partition coefficient (Wildman–Crippen LogP) is 4.61. The molecule has 0 nitrogen and oxygen atoms in total. The van der Waals surface area contributed by atoms with Crippen LogP contribution in [0.2, 0.25) is 0 Å². The van der Waals surface area contributed by atoms with Crippen LogP contribution in [0.15, 0.2) is 60.7 Å². The molecule has 0 heterocycles. The second-order valence-corrected chi connectivity index (χ2v) is 3.59. The van der Waals surface area contributed by atoms with Crippen molar-refractivity contribution in [3.63, 3.8) is 0 Å². The molecule has 78 valence electrons. The average Bonchev–Trinajstić information content (AvgIpc) is 2.27. The lowest BCUT2D eigenvalue weighted by molar-refractivity contribution is 1.22. The van der Waals surface area contributed by atoms with Gasteiger partial charge in [0.2, 0.25) is 0 Å². The summed E-state index contributed by atoms with van der Waals surface area (Å²) in [5.74, 6) is 0. The number of rotatable bonds is 4. The molecule has 0 amide bonds. The summed E-state index contributed by atoms with van der Waals surface area (Å²) in [4.78, 5) is 0. The smallest absolute Gasteiger partial charge is 0.0190 e. The highest BCUT2D eigenvalue weighted by molar-refractivity contribution is 5.72. The van der Waals surface area contributed by atoms with Crippen LogP contribution in [0.3, 0.4) is 0 Å². The van der Waals surface area contributed by atoms with Crippen molar-refractivity contribution < 1.29 is 0 Å². The molecular weight excluding hydrogens is 180 g/mol. The van der Waals surface area contributed by atoms with E-state index in [1.807, 2.05) is 18.2 Å². The first-order valence-corrected chi connectivity index (χ1v) is 5.33. The topological polar surface area (TPSA) is 0 Å². The molecule has 0 atom stereocenters. The second-order valence-electron chi connectivity index (χ2n) is 3.59. The van der Waals surface area contributed by atoms with Gasteiger partial charge in [-0.15, -0.1) is 0 Å². The SMILES string of the molecule is C=C(/C=C(C)\C=C\CC)c1ccccc1. The average molecular weight is 198 g/mol. The molecule has 0 spiro atoms. The lowest BCUT2D eigenvalue weighted by Crippen LogP contribution is -1.79. The molecule has 0 aliphatic heterocycles. The van der Waals surface area contributed by atoms with E-state index in [1.54, 1.807) is 0 Å². The highest BCUT2D eigenvalue weighted by Crippen LogP contribution is 2.15. The molecule has 0 radical (unpaired) electrons. The van der Waals surface area contributed by atoms with Crippen LogP contribution >= 0.6 is 0 Å². The van der Waals surface area contributed by atoms with Gasteiger partial charge in [-0.1, -0.05) is 67.6 Å². The Balaban J connectivity index is 2.75. The maximum Gasteiger partial charge on any atom is -0.0190 e. The van der Waals surface area contributed by atoms with Crippen molar-refractivity contribution >= 4 is 5.57 Å². The Bertz CT molecular complexity index is 366. The zero-order valence-electron chi connectivity index (χ0n) is 9.53. The largest absolute Gasteiger partial charge is 0.0912 e. The summed E-state index contributed by atoms with van der Waals surface area (Å²) in [5.41, 5.74) is 3.49. The van der Waals surface area contributed by atoms with Crippen molar-refractivity contribution in [2.75, 3.05) is 0 Å². The summed E-state index contributed by atoms with van der Waals surface area (Å²) in [6, 6.07) is 10.2. The van der Waals surface area contributed by atoms with Gasteiger partial charge in [0.05, 0.1) is 0 Å². The highest BCUT2D eigenvalue weighted by atomic mass is 14.0. The van der Waals surface area contributed by atoms with Gasteiger partial charge in [0.25, 0.3) is 0 Å². The van der Waals surface area contributed by atoms with Gasteiger partial charge >= 0.3 is 0 Å². The van der Waals surface area contributed by atoms with E-state index in [9.17, 15) is 0 Å². The molecule has 0 aromatic heterocycles. The molecule has 0 aliphatic rings. The van der Waals surface area contributed by atoms with Crippen molar-refractivity contribution in [1.82, 2.24) is 0 Å². The molecule has 15 heavy (non-hydrogen) atoms. The number of benzene rings is 1. The van der Waals surface area contributed by atoms with Gasteiger partial charge in [0, 0.05) is 0 Å². The quantitative estimate of drug-likeness (QED) is 0.620. The van der Waals surface area contributed by atoms with E-state index >= 15 is 0 Å². The molecular formula is C15H18. The molecule has 0 fully saturated rings. The third-order valence-corrected chi connectivity index (χ3v) is 2.16. The van der Waals surface area contributed by atoms with Crippen LogP contribution in [0.1, 0.15) is 25.8 Å². The third kappa shape index (κ3) is 3.99. The van der Waals surface area contributed by atoms with Crippen molar-refractivity contribution in [2.45, 2.75) is 20.3 Å². The Hall–Kier alpha value is -1.56. The Morgan fingerprint density at radius 2 is 1.93 bits per heavy atom. The summed E-state index contributed by atoms with van der Waals surface area (Å²) in [5, 5.41) is 0. The summed E-state index contributed by atoms with van der Waals surface area (Å²) < 4.78 is 0. The monoisotopic (exact) mass is 198 g/mol. The molecule has 0 unspecified atom stereocenters. The zero-order chi connectivity index (χ0) is 11.1. The van der Waals surface area contributed by atoms with Crippen LogP contribution in [0, 0.1) is 0 Å². The fourth-order valence-electron chi connectivity index (χ4n) is 1.36. The lowest BCUT2D eigenvalue weighted by atomic mass is 10.1. The van der Waals surface area contributed by atoms with Gasteiger partial charge in [0.15, 0.2) is 0 Å². The molecule has 0 heteroatoms. The minimum atomic E-state index is 1.06. The Morgan fingerprint density at radius 3 is 2.53 bits per heavy atom. The van der Waals surface area contributed by atoms with Crippen LogP contribution < -0.4 is 0 Å². The van der Waals surface area contributed by atoms with Crippen LogP contribution in [0.4, 0.5) is 0 Å². The Labute approximate surface area is 92.6 Å². The van der Waals surface area contributed by atoms with Crippen LogP contribution in [-0.2, 0) is 0 Å². The van der Waals surface area contributed by atoms with Crippen LogP contribution in [0.25, 0.3) is 5.57 Å². The van der Waals surface area contributed by atoms with E-state index in [0.29, 0.717) is 0 Å². The van der Waals surface area contributed by atoms with Crippen molar-refractivity contribution in [3.8, 4) is 0 Å². The first-order valence-electron chi connectivity index (χ1n) is 5.33. The Morgan fingerprint density at radius 1 is 1.27 bits per heavy atom. The first kappa shape index (κ1) is 11.5. The maximum atomic E-state index is 4.06. The summed E-state index contributed by atoms with van der Waals surface area (Å²) in [7, 11) is 0. The van der Waals surface area contributed by atoms with E-state index in [4.69, 9.17) is 0 Å². The van der Waals surface area contributed by atoms with Crippen LogP contribution in [-0.4, -0.2) is 0 Å². The first-order chi connectivity index (χ1) is 7.24. The van der Waals surface area contributed by atoms with E-state index in [2.05, 4.69) is 50.8 Å². The van der Waals surface area contributed by atoms with Crippen LogP contribution in [0.5, 0.6) is 0 Å². The lowest BCUT2D eigenvalue weighted by Gasteiger charge is -2.00. The van der Waals surface area contributed by atoms with Gasteiger partial charge < -0.3 is 0 Å². The van der Waals surface area contributed by atoms with Gasteiger partial charge in [-0.05, 0) is 24.5 Å². The zero-order valence-corrected chi connectivity index (χ0v) is 9.53. The summed E-state index contributed by atoms with van der Waals surface area (Å²) in [6.45, 7) is 8.29. The Kier molecular flexibility index (Phi) is 4.62. The number of allylic oxidation sites excluding steroid dienone is 5. The van der Waals surface area contributed by atoms with E-state index < -0.39 is 0 Å². The van der Waals surface area contributed by atoms with Gasteiger partial charge in [0.1, 0.15) is 0 Å². The fourth-order valence-corrected chi connectivity index (χ4v) is 1.36. The molecule has 0 bridgehead atoms. The van der Waals surface area contributed by atoms with Crippen molar-refractivity contribution in [1.29, 1.82) is 0 Å². The van der Waals surface area contributed by atoms with E-state index in [-0.39, 0.29) is 0 Å². The van der Waals surface area contributed by atoms with Crippen molar-refractivity contribution in [3.05, 3.63) is 66.3 Å². The highest BCUT2D eigenvalue weighted by Gasteiger charge is 1.93. The second kappa shape index (κ2) is 6.02. The molecule has 0 saturated carbocycles. The number of hydrogen-bond donors (Lipinski definition) is 0. The van der Waals surface area contributed by atoms with Gasteiger partial charge in [-0.25, -0.2) is 0 Å². The normalized spacial score (nSPS) is 12.0. The van der Waals surface area contributed by atoms with E-state index in [1.165, 1.54) is 11.1 Å². The molecule has 0 N–H and O–H groups in total. The molecule has 1 rings (SSSR count). The molecule has 0 aliphatic carbocycles. The third-order valence-electron chi connectivity index (χ3n) is 2.16. The summed E-state index contributed by atoms with van der Waals surface area (Å²) >= 11 is 0. The maximum absolute atomic E-state index is 4.06. The fraction of sp³-hybridized carbons (Fsp3) is 0.200. The van der Waals surface area contributed by atoms with Gasteiger partial charge in [-0.2, -0.15) is 0 Å². The molecule has 1 aromatic carbocycles. The molecule has 1 aromatic rings. The molecule has 0 saturated heterocycles. The summed E-state index contributed by atoms with van der Waals surface area (Å²) in [6.07, 6.45) is 7.47. The minimum Gasteiger partial charge on any atom is -0.0912 e.